The first-order chi connectivity index (χ1) is 16.1. The van der Waals surface area contributed by atoms with Gasteiger partial charge in [0.05, 0.1) is 0 Å². The molecule has 2 heterocycles. The zero-order valence-electron chi connectivity index (χ0n) is 22.0. The molecule has 5 N–H and O–H groups in total. The fourth-order valence-electron chi connectivity index (χ4n) is 4.06. The van der Waals surface area contributed by atoms with E-state index in [1.807, 2.05) is 47.6 Å². The van der Waals surface area contributed by atoms with Crippen LogP contribution in [0.15, 0.2) is 59.2 Å². The maximum Gasteiger partial charge on any atom is 0.258 e. The molecule has 188 valence electrons. The molecule has 1 atom stereocenters. The van der Waals surface area contributed by atoms with Crippen molar-refractivity contribution >= 4 is 17.4 Å². The second-order valence-electron chi connectivity index (χ2n) is 8.60. The number of carbonyl (C=O) groups excluding carboxylic acids is 2. The van der Waals surface area contributed by atoms with E-state index in [2.05, 4.69) is 11.5 Å². The Hall–Kier alpha value is -2.93. The highest BCUT2D eigenvalue weighted by molar-refractivity contribution is 6.75. The average molecular weight is 470 g/mol. The number of allylic oxidation sites excluding steroid dienone is 4. The molecule has 7 nitrogen and oxygen atoms in total. The van der Waals surface area contributed by atoms with Crippen molar-refractivity contribution in [2.45, 2.75) is 73.8 Å². The third-order valence-corrected chi connectivity index (χ3v) is 6.14. The molecule has 1 spiro atoms. The molecular weight excluding hydrogens is 426 g/mol. The summed E-state index contributed by atoms with van der Waals surface area (Å²) in [4.78, 5) is 26.4. The molecule has 0 aromatic rings. The lowest BCUT2D eigenvalue weighted by atomic mass is 9.63. The van der Waals surface area contributed by atoms with Gasteiger partial charge in [-0.25, -0.2) is 0 Å². The summed E-state index contributed by atoms with van der Waals surface area (Å²) in [5, 5.41) is 6.76. The van der Waals surface area contributed by atoms with Crippen LogP contribution >= 0.6 is 0 Å². The number of ketones is 1. The monoisotopic (exact) mass is 469 g/mol. The fraction of sp³-hybridized carbons (Fsp3) is 0.519. The third-order valence-electron chi connectivity index (χ3n) is 6.14. The molecule has 2 saturated carbocycles. The molecule has 34 heavy (non-hydrogen) atoms. The molecule has 1 amide bonds. The number of carbonyl (C=O) groups is 2. The predicted molar refractivity (Wildman–Crippen MR) is 141 cm³/mol. The van der Waals surface area contributed by atoms with Crippen LogP contribution in [0.5, 0.6) is 0 Å². The van der Waals surface area contributed by atoms with Crippen LogP contribution in [-0.4, -0.2) is 46.3 Å². The van der Waals surface area contributed by atoms with E-state index in [-0.39, 0.29) is 23.4 Å². The first kappa shape index (κ1) is 29.1. The molecule has 2 aliphatic carbocycles. The molecule has 4 aliphatic rings. The molecule has 7 heteroatoms. The lowest BCUT2D eigenvalue weighted by Gasteiger charge is -2.56. The molecule has 0 radical (unpaired) electrons. The average Bonchev–Trinajstić information content (AvgIpc) is 3.35. The maximum atomic E-state index is 12.6. The van der Waals surface area contributed by atoms with Crippen molar-refractivity contribution in [1.82, 2.24) is 9.80 Å². The van der Waals surface area contributed by atoms with Gasteiger partial charge in [-0.2, -0.15) is 0 Å². The summed E-state index contributed by atoms with van der Waals surface area (Å²) in [7, 11) is 0. The van der Waals surface area contributed by atoms with Gasteiger partial charge in [-0.15, -0.1) is 0 Å². The Morgan fingerprint density at radius 3 is 2.12 bits per heavy atom. The summed E-state index contributed by atoms with van der Waals surface area (Å²) in [5.41, 5.74) is 15.8. The number of nitrogens with zero attached hydrogens (tertiary/aromatic N) is 2. The van der Waals surface area contributed by atoms with Gasteiger partial charge in [0.2, 0.25) is 5.78 Å². The van der Waals surface area contributed by atoms with Crippen molar-refractivity contribution in [3.05, 3.63) is 59.2 Å². The minimum absolute atomic E-state index is 0.0949. The number of nitrogens with two attached hydrogens (primary N) is 2. The molecule has 3 fully saturated rings. The summed E-state index contributed by atoms with van der Waals surface area (Å²) in [6.07, 6.45) is 10.8. The number of rotatable bonds is 3. The van der Waals surface area contributed by atoms with Crippen LogP contribution in [0, 0.1) is 10.8 Å². The summed E-state index contributed by atoms with van der Waals surface area (Å²) in [5.74, 6) is 0.276. The summed E-state index contributed by atoms with van der Waals surface area (Å²) < 4.78 is 0. The summed E-state index contributed by atoms with van der Waals surface area (Å²) in [6, 6.07) is -0.170. The zero-order valence-corrected chi connectivity index (χ0v) is 22.0. The SMILES string of the molecule is C/C=C1\C(=N)C1=O.C=C1C(C(C)N)=CC(C)=CN1C(=O)/C=C(\N)N1CC2(CCC2)C1.CC.CC. The lowest BCUT2D eigenvalue weighted by Crippen LogP contribution is -2.60. The predicted octanol–water partition coefficient (Wildman–Crippen LogP) is 4.39. The quantitative estimate of drug-likeness (QED) is 0.530. The molecule has 4 rings (SSSR count). The van der Waals surface area contributed by atoms with Gasteiger partial charge < -0.3 is 16.4 Å². The molecule has 0 aromatic carbocycles. The Kier molecular flexibility index (Phi) is 10.7. The van der Waals surface area contributed by atoms with Gasteiger partial charge in [0.1, 0.15) is 11.5 Å². The Morgan fingerprint density at radius 1 is 1.24 bits per heavy atom. The van der Waals surface area contributed by atoms with Crippen LogP contribution in [0.25, 0.3) is 0 Å². The van der Waals surface area contributed by atoms with Gasteiger partial charge >= 0.3 is 0 Å². The molecule has 2 aliphatic heterocycles. The minimum atomic E-state index is -0.173. The summed E-state index contributed by atoms with van der Waals surface area (Å²) in [6.45, 7) is 19.6. The Bertz CT molecular complexity index is 909. The number of Topliss-reactive ketones (excluding diaryl/α,β-unsaturated/α-hetero) is 1. The highest BCUT2D eigenvalue weighted by atomic mass is 16.2. The van der Waals surface area contributed by atoms with E-state index >= 15 is 0 Å². The Morgan fingerprint density at radius 2 is 1.76 bits per heavy atom. The standard InChI is InChI=1S/C18H26N4O.C5H5NO.2C2H6/c1-12-7-15(13(2)19)14(3)22(9-12)17(23)8-16(20)21-10-18(11-21)5-4-6-18;1-2-3-4(6)5(3)7;2*1-2/h7-9,13H,3-6,10-11,19-20H2,1-2H3;2,6H,1H3;2*1-2H3/b16-8+;3-2+,6-4?;;. The first-order valence-electron chi connectivity index (χ1n) is 12.3. The van der Waals surface area contributed by atoms with E-state index in [0.717, 1.165) is 24.2 Å². The minimum Gasteiger partial charge on any atom is -0.385 e. The normalized spacial score (nSPS) is 21.9. The second kappa shape index (κ2) is 12.5. The van der Waals surface area contributed by atoms with Crippen LogP contribution in [0.4, 0.5) is 0 Å². The zero-order chi connectivity index (χ0) is 26.2. The van der Waals surface area contributed by atoms with E-state index in [1.54, 1.807) is 24.1 Å². The number of hydrogen-bond acceptors (Lipinski definition) is 6. The summed E-state index contributed by atoms with van der Waals surface area (Å²) >= 11 is 0. The van der Waals surface area contributed by atoms with Crippen molar-refractivity contribution in [2.75, 3.05) is 13.1 Å². The maximum absolute atomic E-state index is 12.6. The van der Waals surface area contributed by atoms with Crippen LogP contribution in [0.1, 0.15) is 67.7 Å². The number of hydrogen-bond donors (Lipinski definition) is 3. The highest BCUT2D eigenvalue weighted by Gasteiger charge is 2.47. The van der Waals surface area contributed by atoms with Crippen molar-refractivity contribution in [2.24, 2.45) is 16.9 Å². The van der Waals surface area contributed by atoms with Gasteiger partial charge in [-0.3, -0.25) is 19.9 Å². The molecule has 0 aromatic heterocycles. The van der Waals surface area contributed by atoms with E-state index in [1.165, 1.54) is 25.3 Å². The second-order valence-corrected chi connectivity index (χ2v) is 8.60. The lowest BCUT2D eigenvalue weighted by molar-refractivity contribution is -0.122. The molecule has 1 saturated heterocycles. The fourth-order valence-corrected chi connectivity index (χ4v) is 4.06. The van der Waals surface area contributed by atoms with Crippen molar-refractivity contribution in [1.29, 1.82) is 5.41 Å². The third kappa shape index (κ3) is 6.56. The van der Waals surface area contributed by atoms with E-state index in [0.29, 0.717) is 22.5 Å². The van der Waals surface area contributed by atoms with E-state index in [4.69, 9.17) is 16.9 Å². The first-order valence-corrected chi connectivity index (χ1v) is 12.3. The number of likely N-dealkylation sites (tertiary alicyclic amines) is 1. The molecule has 1 unspecified atom stereocenters. The largest absolute Gasteiger partial charge is 0.385 e. The van der Waals surface area contributed by atoms with E-state index < -0.39 is 0 Å². The Labute approximate surface area is 205 Å². The van der Waals surface area contributed by atoms with Crippen molar-refractivity contribution in [3.8, 4) is 0 Å². The molecule has 0 bridgehead atoms. The van der Waals surface area contributed by atoms with Gasteiger partial charge in [-0.1, -0.05) is 52.8 Å². The van der Waals surface area contributed by atoms with Gasteiger partial charge in [0.15, 0.2) is 0 Å². The topological polar surface area (TPSA) is 117 Å². The van der Waals surface area contributed by atoms with Gasteiger partial charge in [0.25, 0.3) is 5.91 Å². The van der Waals surface area contributed by atoms with Crippen LogP contribution in [0.2, 0.25) is 0 Å². The van der Waals surface area contributed by atoms with Crippen LogP contribution in [0.3, 0.4) is 0 Å². The van der Waals surface area contributed by atoms with Crippen LogP contribution < -0.4 is 11.5 Å². The smallest absolute Gasteiger partial charge is 0.258 e. The number of nitrogens with one attached hydrogen (secondary N) is 1. The van der Waals surface area contributed by atoms with Crippen molar-refractivity contribution in [3.63, 3.8) is 0 Å². The van der Waals surface area contributed by atoms with Crippen LogP contribution in [-0.2, 0) is 9.59 Å². The van der Waals surface area contributed by atoms with Gasteiger partial charge in [0, 0.05) is 48.1 Å². The van der Waals surface area contributed by atoms with Crippen molar-refractivity contribution < 1.29 is 9.59 Å². The Balaban J connectivity index is 0.000000441. The number of amides is 1. The highest BCUT2D eigenvalue weighted by Crippen LogP contribution is 2.48. The van der Waals surface area contributed by atoms with Gasteiger partial charge in [-0.05, 0) is 44.8 Å². The van der Waals surface area contributed by atoms with E-state index in [9.17, 15) is 9.59 Å². The molecular formula is C27H43N5O2.